The van der Waals surface area contributed by atoms with Gasteiger partial charge in [-0.05, 0) is 39.0 Å². The summed E-state index contributed by atoms with van der Waals surface area (Å²) in [6.07, 6.45) is 19.0. The van der Waals surface area contributed by atoms with Gasteiger partial charge in [0.25, 0.3) is 0 Å². The number of carbonyl (C=O) groups is 1. The topological polar surface area (TPSA) is 307 Å². The molecule has 19 heteroatoms. The quantitative estimate of drug-likeness (QED) is 0.0271. The summed E-state index contributed by atoms with van der Waals surface area (Å²) in [5.41, 5.74) is 0. The van der Waals surface area contributed by atoms with Crippen molar-refractivity contribution in [2.24, 2.45) is 0 Å². The molecule has 3 saturated heterocycles. The van der Waals surface area contributed by atoms with Crippen molar-refractivity contribution in [2.45, 2.75) is 304 Å². The van der Waals surface area contributed by atoms with Crippen molar-refractivity contribution in [3.05, 3.63) is 36.5 Å². The number of aliphatic hydroxyl groups excluding tert-OH is 11. The lowest BCUT2D eigenvalue weighted by atomic mass is 9.96. The van der Waals surface area contributed by atoms with Crippen LogP contribution in [0.3, 0.4) is 0 Å². The molecule has 78 heavy (non-hydrogen) atoms. The van der Waals surface area contributed by atoms with Crippen molar-refractivity contribution >= 4 is 5.91 Å². The van der Waals surface area contributed by atoms with E-state index in [-0.39, 0.29) is 18.9 Å². The van der Waals surface area contributed by atoms with Crippen LogP contribution in [0.5, 0.6) is 0 Å². The minimum absolute atomic E-state index is 0.235. The molecule has 3 aliphatic heterocycles. The molecule has 3 fully saturated rings. The maximum Gasteiger partial charge on any atom is 0.220 e. The minimum Gasteiger partial charge on any atom is -0.394 e. The summed E-state index contributed by atoms with van der Waals surface area (Å²) in [4.78, 5) is 13.3. The van der Waals surface area contributed by atoms with Crippen LogP contribution in [-0.4, -0.2) is 193 Å². The molecule has 0 saturated carbocycles. The predicted octanol–water partition coefficient (Wildman–Crippen LogP) is 5.32. The number of unbranched alkanes of at least 4 members (excludes halogenated alkanes) is 25. The van der Waals surface area contributed by atoms with Crippen molar-refractivity contribution in [1.29, 1.82) is 0 Å². The second-order valence-electron chi connectivity index (χ2n) is 21.8. The zero-order valence-electron chi connectivity index (χ0n) is 47.4. The highest BCUT2D eigenvalue weighted by molar-refractivity contribution is 5.76. The standard InChI is InChI=1S/C59H107NO18/c1-3-5-7-9-11-13-14-15-16-17-18-19-20-21-22-23-24-25-26-27-29-31-33-35-37-47(65)60-42(43(64)36-34-32-30-28-12-10-8-6-4-2)41-73-57-53(71)50(68)55(45(39-62)75-57)78-59-54(72)51(69)56(46(40-63)76-59)77-58-52(70)49(67)48(66)44(38-61)74-58/h4,6,12,28,34,36,42-46,48-59,61-64,66-72H,3,5,7-11,13-27,29-33,35,37-41H2,1-2H3,(H,60,65)/b6-4+,28-12+,36-34+. The molecule has 0 aliphatic carbocycles. The number of nitrogens with one attached hydrogen (secondary N) is 1. The first kappa shape index (κ1) is 70.3. The molecular weight excluding hydrogens is 1010 g/mol. The van der Waals surface area contributed by atoms with Crippen molar-refractivity contribution in [2.75, 3.05) is 26.4 Å². The predicted molar refractivity (Wildman–Crippen MR) is 296 cm³/mol. The van der Waals surface area contributed by atoms with Crippen LogP contribution in [-0.2, 0) is 33.2 Å². The molecule has 3 aliphatic rings. The first-order chi connectivity index (χ1) is 37.8. The third kappa shape index (κ3) is 26.5. The molecule has 12 N–H and O–H groups in total. The lowest BCUT2D eigenvalue weighted by molar-refractivity contribution is -0.379. The summed E-state index contributed by atoms with van der Waals surface area (Å²) in [5.74, 6) is -0.291. The monoisotopic (exact) mass is 1120 g/mol. The SMILES string of the molecule is C/C=C/CC/C=C/CC/C=C/C(O)C(COC1OC(CO)C(OC2OC(CO)C(OC3OC(CO)C(O)C(O)C3O)C(O)C2O)C(O)C1O)NC(=O)CCCCCCCCCCCCCCCCCCCCCCCCCC. The molecule has 456 valence electrons. The van der Waals surface area contributed by atoms with Gasteiger partial charge in [-0.2, -0.15) is 0 Å². The summed E-state index contributed by atoms with van der Waals surface area (Å²) >= 11 is 0. The van der Waals surface area contributed by atoms with E-state index in [1.54, 1.807) is 6.08 Å². The number of carbonyl (C=O) groups excluding carboxylic acids is 1. The summed E-state index contributed by atoms with van der Waals surface area (Å²) in [5, 5.41) is 120. The van der Waals surface area contributed by atoms with Crippen LogP contribution in [0.25, 0.3) is 0 Å². The number of rotatable bonds is 44. The van der Waals surface area contributed by atoms with Gasteiger partial charge in [-0.3, -0.25) is 4.79 Å². The van der Waals surface area contributed by atoms with Gasteiger partial charge in [0.15, 0.2) is 18.9 Å². The highest BCUT2D eigenvalue weighted by Crippen LogP contribution is 2.33. The van der Waals surface area contributed by atoms with Crippen molar-refractivity contribution in [3.63, 3.8) is 0 Å². The third-order valence-electron chi connectivity index (χ3n) is 15.3. The van der Waals surface area contributed by atoms with Gasteiger partial charge < -0.3 is 89.9 Å². The Morgan fingerprint density at radius 3 is 1.28 bits per heavy atom. The van der Waals surface area contributed by atoms with E-state index >= 15 is 0 Å². The molecule has 17 unspecified atom stereocenters. The van der Waals surface area contributed by atoms with Crippen molar-refractivity contribution < 1.29 is 89.4 Å². The fourth-order valence-electron chi connectivity index (χ4n) is 10.3. The molecule has 19 nitrogen and oxygen atoms in total. The lowest BCUT2D eigenvalue weighted by Gasteiger charge is -2.48. The Morgan fingerprint density at radius 1 is 0.474 bits per heavy atom. The van der Waals surface area contributed by atoms with E-state index in [4.69, 9.17) is 28.4 Å². The first-order valence-corrected chi connectivity index (χ1v) is 30.2. The normalized spacial score (nSPS) is 30.7. The molecule has 0 aromatic heterocycles. The molecular formula is C59H107NO18. The van der Waals surface area contributed by atoms with E-state index < -0.39 is 124 Å². The van der Waals surface area contributed by atoms with Gasteiger partial charge >= 0.3 is 0 Å². The molecule has 1 amide bonds. The number of hydrogen-bond donors (Lipinski definition) is 12. The minimum atomic E-state index is -1.98. The number of allylic oxidation sites excluding steroid dienone is 5. The van der Waals surface area contributed by atoms with Gasteiger partial charge in [0.05, 0.1) is 38.6 Å². The molecule has 17 atom stereocenters. The Balaban J connectivity index is 1.42. The zero-order valence-corrected chi connectivity index (χ0v) is 47.4. The maximum atomic E-state index is 13.3. The number of amides is 1. The summed E-state index contributed by atoms with van der Waals surface area (Å²) in [7, 11) is 0. The maximum absolute atomic E-state index is 13.3. The van der Waals surface area contributed by atoms with Gasteiger partial charge in [-0.1, -0.05) is 191 Å². The number of ether oxygens (including phenoxy) is 6. The zero-order chi connectivity index (χ0) is 56.9. The van der Waals surface area contributed by atoms with E-state index in [2.05, 4.69) is 30.5 Å². The second kappa shape index (κ2) is 42.8. The lowest BCUT2D eigenvalue weighted by Crippen LogP contribution is -2.66. The summed E-state index contributed by atoms with van der Waals surface area (Å²) < 4.78 is 34.1. The molecule has 0 bridgehead atoms. The van der Waals surface area contributed by atoms with Crippen LogP contribution in [0.4, 0.5) is 0 Å². The van der Waals surface area contributed by atoms with Gasteiger partial charge in [0.2, 0.25) is 5.91 Å². The highest BCUT2D eigenvalue weighted by atomic mass is 16.8. The van der Waals surface area contributed by atoms with E-state index in [9.17, 15) is 61.0 Å². The Hall–Kier alpha value is -1.99. The smallest absolute Gasteiger partial charge is 0.220 e. The van der Waals surface area contributed by atoms with Gasteiger partial charge in [-0.25, -0.2) is 0 Å². The van der Waals surface area contributed by atoms with Crippen molar-refractivity contribution in [3.8, 4) is 0 Å². The molecule has 0 aromatic rings. The molecule has 0 spiro atoms. The summed E-state index contributed by atoms with van der Waals surface area (Å²) in [6.45, 7) is 1.45. The van der Waals surface area contributed by atoms with Gasteiger partial charge in [-0.15, -0.1) is 0 Å². The van der Waals surface area contributed by atoms with E-state index in [0.29, 0.717) is 12.8 Å². The Labute approximate surface area is 466 Å². The fourth-order valence-corrected chi connectivity index (χ4v) is 10.3. The Kier molecular flexibility index (Phi) is 38.5. The van der Waals surface area contributed by atoms with Crippen LogP contribution < -0.4 is 5.32 Å². The Morgan fingerprint density at radius 2 is 0.846 bits per heavy atom. The second-order valence-corrected chi connectivity index (χ2v) is 21.8. The van der Waals surface area contributed by atoms with E-state index in [1.165, 1.54) is 128 Å². The van der Waals surface area contributed by atoms with E-state index in [1.807, 2.05) is 19.1 Å². The number of hydrogen-bond acceptors (Lipinski definition) is 18. The molecule has 0 radical (unpaired) electrons. The molecule has 3 heterocycles. The average Bonchev–Trinajstić information content (AvgIpc) is 3.46. The van der Waals surface area contributed by atoms with Crippen LogP contribution in [0.1, 0.15) is 200 Å². The van der Waals surface area contributed by atoms with Crippen molar-refractivity contribution in [1.82, 2.24) is 5.32 Å². The van der Waals surface area contributed by atoms with Crippen LogP contribution in [0, 0.1) is 0 Å². The molecule has 3 rings (SSSR count). The molecule has 0 aromatic carbocycles. The van der Waals surface area contributed by atoms with E-state index in [0.717, 1.165) is 38.5 Å². The van der Waals surface area contributed by atoms with Crippen LogP contribution in [0.15, 0.2) is 36.5 Å². The fraction of sp³-hybridized carbons (Fsp3) is 0.881. The highest BCUT2D eigenvalue weighted by Gasteiger charge is 2.53. The van der Waals surface area contributed by atoms with Crippen LogP contribution >= 0.6 is 0 Å². The number of aliphatic hydroxyl groups is 11. The van der Waals surface area contributed by atoms with Gasteiger partial charge in [0, 0.05) is 6.42 Å². The average molecular weight is 1120 g/mol. The van der Waals surface area contributed by atoms with Gasteiger partial charge in [0.1, 0.15) is 73.2 Å². The third-order valence-corrected chi connectivity index (χ3v) is 15.3. The first-order valence-electron chi connectivity index (χ1n) is 30.2. The largest absolute Gasteiger partial charge is 0.394 e. The van der Waals surface area contributed by atoms with Crippen LogP contribution in [0.2, 0.25) is 0 Å². The summed E-state index contributed by atoms with van der Waals surface area (Å²) in [6, 6.07) is -0.991. The Bertz CT molecular complexity index is 1570.